The summed E-state index contributed by atoms with van der Waals surface area (Å²) in [6.45, 7) is 1.90. The molecule has 2 rings (SSSR count). The molecule has 0 atom stereocenters. The highest BCUT2D eigenvalue weighted by atomic mass is 35.5. The van der Waals surface area contributed by atoms with Crippen LogP contribution >= 0.6 is 23.2 Å². The molecule has 0 unspecified atom stereocenters. The van der Waals surface area contributed by atoms with E-state index in [-0.39, 0.29) is 10.7 Å². The Bertz CT molecular complexity index is 611. The van der Waals surface area contributed by atoms with Gasteiger partial charge in [0.15, 0.2) is 6.29 Å². The first-order valence-corrected chi connectivity index (χ1v) is 5.62. The first-order valence-electron chi connectivity index (χ1n) is 4.87. The molecule has 5 heteroatoms. The third-order valence-corrected chi connectivity index (χ3v) is 3.24. The number of carbonyl (C=O) groups is 1. The zero-order chi connectivity index (χ0) is 12.6. The number of hydrogen-bond acceptors (Lipinski definition) is 3. The Kier molecular flexibility index (Phi) is 3.22. The van der Waals surface area contributed by atoms with Crippen LogP contribution in [0.5, 0.6) is 5.75 Å². The molecule has 0 saturated carbocycles. The molecule has 1 aromatic heterocycles. The summed E-state index contributed by atoms with van der Waals surface area (Å²) in [6, 6.07) is 3.57. The molecule has 3 nitrogen and oxygen atoms in total. The van der Waals surface area contributed by atoms with Gasteiger partial charge < -0.3 is 4.74 Å². The van der Waals surface area contributed by atoms with Gasteiger partial charge in [-0.1, -0.05) is 23.2 Å². The Morgan fingerprint density at radius 1 is 1.35 bits per heavy atom. The Morgan fingerprint density at radius 2 is 2.06 bits per heavy atom. The number of benzene rings is 1. The van der Waals surface area contributed by atoms with E-state index in [1.54, 1.807) is 13.2 Å². The zero-order valence-electron chi connectivity index (χ0n) is 9.25. The quantitative estimate of drug-likeness (QED) is 0.617. The Balaban J connectivity index is 2.88. The lowest BCUT2D eigenvalue weighted by atomic mass is 10.1. The van der Waals surface area contributed by atoms with Gasteiger partial charge in [0.05, 0.1) is 23.2 Å². The van der Waals surface area contributed by atoms with Crippen molar-refractivity contribution in [2.24, 2.45) is 0 Å². The lowest BCUT2D eigenvalue weighted by Gasteiger charge is -2.09. The summed E-state index contributed by atoms with van der Waals surface area (Å²) >= 11 is 12.0. The Labute approximate surface area is 108 Å². The van der Waals surface area contributed by atoms with Gasteiger partial charge in [0, 0.05) is 5.39 Å². The molecule has 17 heavy (non-hydrogen) atoms. The van der Waals surface area contributed by atoms with Crippen LogP contribution in [0.4, 0.5) is 0 Å². The Hall–Kier alpha value is -1.32. The highest BCUT2D eigenvalue weighted by molar-refractivity contribution is 6.41. The number of pyridine rings is 1. The van der Waals surface area contributed by atoms with Gasteiger partial charge in [-0.2, -0.15) is 0 Å². The SMILES string of the molecule is COc1cc2c(Cl)c(C=O)c(Cl)nc2cc1C. The second-order valence-corrected chi connectivity index (χ2v) is 4.32. The molecule has 2 aromatic rings. The molecule has 0 aliphatic heterocycles. The van der Waals surface area contributed by atoms with Crippen molar-refractivity contribution in [2.45, 2.75) is 6.92 Å². The Morgan fingerprint density at radius 3 is 2.65 bits per heavy atom. The number of aldehydes is 1. The number of carbonyl (C=O) groups excluding carboxylic acids is 1. The monoisotopic (exact) mass is 269 g/mol. The maximum absolute atomic E-state index is 10.9. The summed E-state index contributed by atoms with van der Waals surface area (Å²) in [5, 5.41) is 1.07. The maximum atomic E-state index is 10.9. The molecule has 1 aromatic carbocycles. The largest absolute Gasteiger partial charge is 0.496 e. The van der Waals surface area contributed by atoms with E-state index in [1.807, 2.05) is 13.0 Å². The van der Waals surface area contributed by atoms with Crippen LogP contribution in [0.1, 0.15) is 15.9 Å². The molecule has 0 bridgehead atoms. The number of ether oxygens (including phenoxy) is 1. The molecule has 0 spiro atoms. The van der Waals surface area contributed by atoms with Gasteiger partial charge in [0.1, 0.15) is 10.9 Å². The van der Waals surface area contributed by atoms with E-state index in [9.17, 15) is 4.79 Å². The number of halogens is 2. The number of fused-ring (bicyclic) bond motifs is 1. The van der Waals surface area contributed by atoms with Gasteiger partial charge in [-0.05, 0) is 24.6 Å². The molecule has 0 N–H and O–H groups in total. The zero-order valence-corrected chi connectivity index (χ0v) is 10.8. The van der Waals surface area contributed by atoms with Crippen molar-refractivity contribution in [3.8, 4) is 5.75 Å². The molecule has 0 aliphatic carbocycles. The van der Waals surface area contributed by atoms with Crippen LogP contribution in [0, 0.1) is 6.92 Å². The second-order valence-electron chi connectivity index (χ2n) is 3.59. The van der Waals surface area contributed by atoms with E-state index in [4.69, 9.17) is 27.9 Å². The first kappa shape index (κ1) is 12.1. The summed E-state index contributed by atoms with van der Waals surface area (Å²) in [6.07, 6.45) is 0.601. The molecule has 0 fully saturated rings. The molecule has 0 radical (unpaired) electrons. The van der Waals surface area contributed by atoms with Crippen molar-refractivity contribution in [2.75, 3.05) is 7.11 Å². The topological polar surface area (TPSA) is 39.2 Å². The van der Waals surface area contributed by atoms with Crippen LogP contribution in [0.2, 0.25) is 10.2 Å². The summed E-state index contributed by atoms with van der Waals surface area (Å²) in [5.41, 5.74) is 1.77. The smallest absolute Gasteiger partial charge is 0.154 e. The van der Waals surface area contributed by atoms with Gasteiger partial charge in [-0.25, -0.2) is 4.98 Å². The van der Waals surface area contributed by atoms with Crippen LogP contribution in [-0.2, 0) is 0 Å². The molecule has 0 saturated heterocycles. The van der Waals surface area contributed by atoms with E-state index in [0.29, 0.717) is 28.0 Å². The second kappa shape index (κ2) is 4.51. The van der Waals surface area contributed by atoms with Gasteiger partial charge in [0.25, 0.3) is 0 Å². The van der Waals surface area contributed by atoms with Crippen molar-refractivity contribution >= 4 is 40.4 Å². The van der Waals surface area contributed by atoms with Crippen LogP contribution in [-0.4, -0.2) is 18.4 Å². The minimum absolute atomic E-state index is 0.113. The standard InChI is InChI=1S/C12H9Cl2NO2/c1-6-3-9-7(4-10(6)17-2)11(13)8(5-16)12(14)15-9/h3-5H,1-2H3. The van der Waals surface area contributed by atoms with Crippen LogP contribution in [0.15, 0.2) is 12.1 Å². The third-order valence-electron chi connectivity index (χ3n) is 2.54. The van der Waals surface area contributed by atoms with E-state index in [0.717, 1.165) is 5.56 Å². The van der Waals surface area contributed by atoms with Crippen molar-refractivity contribution < 1.29 is 9.53 Å². The summed E-state index contributed by atoms with van der Waals surface area (Å²) in [5.74, 6) is 0.695. The molecule has 0 amide bonds. The molecule has 88 valence electrons. The maximum Gasteiger partial charge on any atom is 0.154 e. The lowest BCUT2D eigenvalue weighted by molar-refractivity contribution is 0.112. The minimum Gasteiger partial charge on any atom is -0.496 e. The number of rotatable bonds is 2. The molecule has 0 aliphatic rings. The predicted octanol–water partition coefficient (Wildman–Crippen LogP) is 3.67. The summed E-state index contributed by atoms with van der Waals surface area (Å²) in [7, 11) is 1.58. The fraction of sp³-hybridized carbons (Fsp3) is 0.167. The van der Waals surface area contributed by atoms with Gasteiger partial charge in [-0.15, -0.1) is 0 Å². The minimum atomic E-state index is 0.113. The molecular weight excluding hydrogens is 261 g/mol. The summed E-state index contributed by atoms with van der Waals surface area (Å²) < 4.78 is 5.20. The average Bonchev–Trinajstić information content (AvgIpc) is 2.29. The number of aryl methyl sites for hydroxylation is 1. The fourth-order valence-corrected chi connectivity index (χ4v) is 2.23. The number of aromatic nitrogens is 1. The van der Waals surface area contributed by atoms with E-state index in [1.165, 1.54) is 0 Å². The molecular formula is C12H9Cl2NO2. The van der Waals surface area contributed by atoms with Crippen molar-refractivity contribution in [3.05, 3.63) is 33.4 Å². The highest BCUT2D eigenvalue weighted by Crippen LogP contribution is 2.33. The normalized spacial score (nSPS) is 10.6. The van der Waals surface area contributed by atoms with E-state index >= 15 is 0 Å². The first-order chi connectivity index (χ1) is 8.08. The van der Waals surface area contributed by atoms with Gasteiger partial charge in [-0.3, -0.25) is 4.79 Å². The third kappa shape index (κ3) is 1.96. The number of hydrogen-bond donors (Lipinski definition) is 0. The van der Waals surface area contributed by atoms with Gasteiger partial charge >= 0.3 is 0 Å². The van der Waals surface area contributed by atoms with E-state index < -0.39 is 0 Å². The average molecular weight is 270 g/mol. The van der Waals surface area contributed by atoms with E-state index in [2.05, 4.69) is 4.98 Å². The van der Waals surface area contributed by atoms with Gasteiger partial charge in [0.2, 0.25) is 0 Å². The molecule has 1 heterocycles. The van der Waals surface area contributed by atoms with Crippen LogP contribution in [0.3, 0.4) is 0 Å². The van der Waals surface area contributed by atoms with Crippen molar-refractivity contribution in [1.29, 1.82) is 0 Å². The predicted molar refractivity (Wildman–Crippen MR) is 68.4 cm³/mol. The van der Waals surface area contributed by atoms with Crippen LogP contribution in [0.25, 0.3) is 10.9 Å². The fourth-order valence-electron chi connectivity index (χ4n) is 1.66. The summed E-state index contributed by atoms with van der Waals surface area (Å²) in [4.78, 5) is 15.0. The lowest BCUT2D eigenvalue weighted by Crippen LogP contribution is -1.94. The number of methoxy groups -OCH3 is 1. The van der Waals surface area contributed by atoms with Crippen molar-refractivity contribution in [1.82, 2.24) is 4.98 Å². The highest BCUT2D eigenvalue weighted by Gasteiger charge is 2.13. The van der Waals surface area contributed by atoms with Crippen molar-refractivity contribution in [3.63, 3.8) is 0 Å². The van der Waals surface area contributed by atoms with Crippen LogP contribution < -0.4 is 4.74 Å². The number of nitrogens with zero attached hydrogens (tertiary/aromatic N) is 1.